The van der Waals surface area contributed by atoms with Crippen LogP contribution in [0.2, 0.25) is 0 Å². The van der Waals surface area contributed by atoms with Crippen LogP contribution in [0.25, 0.3) is 0 Å². The first-order valence-corrected chi connectivity index (χ1v) is 8.58. The molecule has 1 aromatic carbocycles. The van der Waals surface area contributed by atoms with Gasteiger partial charge in [-0.1, -0.05) is 30.3 Å². The van der Waals surface area contributed by atoms with Crippen LogP contribution in [0.15, 0.2) is 30.3 Å². The molecule has 2 aliphatic rings. The summed E-state index contributed by atoms with van der Waals surface area (Å²) >= 11 is 0. The highest BCUT2D eigenvalue weighted by atomic mass is 16.6. The molecule has 0 saturated carbocycles. The van der Waals surface area contributed by atoms with Crippen LogP contribution in [0.3, 0.4) is 0 Å². The van der Waals surface area contributed by atoms with E-state index in [1.54, 1.807) is 0 Å². The van der Waals surface area contributed by atoms with Crippen molar-refractivity contribution in [3.05, 3.63) is 35.9 Å². The van der Waals surface area contributed by atoms with E-state index >= 15 is 0 Å². The summed E-state index contributed by atoms with van der Waals surface area (Å²) in [4.78, 5) is 0. The predicted octanol–water partition coefficient (Wildman–Crippen LogP) is 0.622. The summed E-state index contributed by atoms with van der Waals surface area (Å²) in [6.07, 6.45) is -1.41. The number of hydrogen-bond donors (Lipinski definition) is 3. The molecule has 3 rings (SSSR count). The lowest BCUT2D eigenvalue weighted by Crippen LogP contribution is -2.39. The molecule has 1 aromatic rings. The summed E-state index contributed by atoms with van der Waals surface area (Å²) in [7, 11) is 0. The summed E-state index contributed by atoms with van der Waals surface area (Å²) in [5, 5.41) is 29.6. The van der Waals surface area contributed by atoms with Crippen molar-refractivity contribution in [2.24, 2.45) is 0 Å². The second-order valence-electron chi connectivity index (χ2n) is 6.50. The maximum absolute atomic E-state index is 10.2. The van der Waals surface area contributed by atoms with Crippen molar-refractivity contribution in [2.75, 3.05) is 13.2 Å². The number of benzene rings is 1. The molecule has 6 heteroatoms. The lowest BCUT2D eigenvalue weighted by Gasteiger charge is -2.22. The van der Waals surface area contributed by atoms with Gasteiger partial charge in [0, 0.05) is 6.61 Å². The minimum atomic E-state index is -0.966. The molecule has 0 aromatic heterocycles. The molecule has 2 aliphatic heterocycles. The molecule has 2 heterocycles. The SMILES string of the molecule is OC[C@H]1CC[C@@H]([C@H]2O[C@H](CCOCc3ccccc3)[C@H](O)[C@H]2O)O1. The quantitative estimate of drug-likeness (QED) is 0.632. The number of ether oxygens (including phenoxy) is 3. The van der Waals surface area contributed by atoms with Gasteiger partial charge in [0.2, 0.25) is 0 Å². The zero-order valence-corrected chi connectivity index (χ0v) is 13.7. The molecular weight excluding hydrogens is 312 g/mol. The molecule has 0 bridgehead atoms. The highest BCUT2D eigenvalue weighted by Gasteiger charge is 2.48. The van der Waals surface area contributed by atoms with Gasteiger partial charge in [0.1, 0.15) is 18.3 Å². The molecule has 0 aliphatic carbocycles. The third kappa shape index (κ3) is 4.14. The molecule has 0 spiro atoms. The van der Waals surface area contributed by atoms with Gasteiger partial charge < -0.3 is 29.5 Å². The van der Waals surface area contributed by atoms with Crippen molar-refractivity contribution in [1.82, 2.24) is 0 Å². The fourth-order valence-corrected chi connectivity index (χ4v) is 3.40. The standard InChI is InChI=1S/C18H26O6/c19-10-13-6-7-15(23-13)18-17(21)16(20)14(24-18)8-9-22-11-12-4-2-1-3-5-12/h1-5,13-21H,6-11H2/t13-,14-,15+,16+,17-,18-/m1/s1. The van der Waals surface area contributed by atoms with Crippen LogP contribution in [0.5, 0.6) is 0 Å². The first-order valence-electron chi connectivity index (χ1n) is 8.58. The van der Waals surface area contributed by atoms with Crippen molar-refractivity contribution in [2.45, 2.75) is 62.5 Å². The molecule has 2 saturated heterocycles. The first kappa shape index (κ1) is 17.8. The summed E-state index contributed by atoms with van der Waals surface area (Å²) < 4.78 is 17.1. The Kier molecular flexibility index (Phi) is 6.21. The van der Waals surface area contributed by atoms with Crippen LogP contribution in [-0.2, 0) is 20.8 Å². The summed E-state index contributed by atoms with van der Waals surface area (Å²) in [6, 6.07) is 9.88. The number of aliphatic hydroxyl groups excluding tert-OH is 3. The van der Waals surface area contributed by atoms with Crippen LogP contribution in [0, 0.1) is 0 Å². The number of aliphatic hydroxyl groups is 3. The average molecular weight is 338 g/mol. The molecule has 2 fully saturated rings. The van der Waals surface area contributed by atoms with E-state index in [-0.39, 0.29) is 18.8 Å². The topological polar surface area (TPSA) is 88.4 Å². The van der Waals surface area contributed by atoms with Gasteiger partial charge >= 0.3 is 0 Å². The first-order chi connectivity index (χ1) is 11.7. The van der Waals surface area contributed by atoms with E-state index in [1.807, 2.05) is 30.3 Å². The zero-order valence-electron chi connectivity index (χ0n) is 13.7. The molecule has 134 valence electrons. The predicted molar refractivity (Wildman–Crippen MR) is 86.4 cm³/mol. The normalized spacial score (nSPS) is 36.3. The summed E-state index contributed by atoms with van der Waals surface area (Å²) in [5.74, 6) is 0. The third-order valence-corrected chi connectivity index (χ3v) is 4.77. The Bertz CT molecular complexity index is 496. The van der Waals surface area contributed by atoms with E-state index in [0.717, 1.165) is 18.4 Å². The van der Waals surface area contributed by atoms with E-state index in [0.29, 0.717) is 19.6 Å². The maximum atomic E-state index is 10.2. The molecule has 0 radical (unpaired) electrons. The number of hydrogen-bond acceptors (Lipinski definition) is 6. The Balaban J connectivity index is 1.43. The molecule has 6 nitrogen and oxygen atoms in total. The van der Waals surface area contributed by atoms with E-state index < -0.39 is 24.4 Å². The molecule has 24 heavy (non-hydrogen) atoms. The van der Waals surface area contributed by atoms with Gasteiger partial charge in [0.25, 0.3) is 0 Å². The van der Waals surface area contributed by atoms with Crippen molar-refractivity contribution in [3.63, 3.8) is 0 Å². The fraction of sp³-hybridized carbons (Fsp3) is 0.667. The lowest BCUT2D eigenvalue weighted by molar-refractivity contribution is -0.0991. The van der Waals surface area contributed by atoms with Crippen LogP contribution in [0.1, 0.15) is 24.8 Å². The monoisotopic (exact) mass is 338 g/mol. The smallest absolute Gasteiger partial charge is 0.113 e. The van der Waals surface area contributed by atoms with Gasteiger partial charge in [-0.3, -0.25) is 0 Å². The van der Waals surface area contributed by atoms with E-state index in [9.17, 15) is 10.2 Å². The highest BCUT2D eigenvalue weighted by molar-refractivity contribution is 5.13. The minimum Gasteiger partial charge on any atom is -0.394 e. The maximum Gasteiger partial charge on any atom is 0.113 e. The van der Waals surface area contributed by atoms with Gasteiger partial charge in [-0.05, 0) is 24.8 Å². The molecule has 0 amide bonds. The van der Waals surface area contributed by atoms with Gasteiger partial charge in [-0.25, -0.2) is 0 Å². The Morgan fingerprint density at radius 2 is 1.83 bits per heavy atom. The van der Waals surface area contributed by atoms with E-state index in [1.165, 1.54) is 0 Å². The Morgan fingerprint density at radius 3 is 2.54 bits per heavy atom. The Hall–Kier alpha value is -1.02. The zero-order chi connectivity index (χ0) is 16.9. The van der Waals surface area contributed by atoms with Gasteiger partial charge in [0.15, 0.2) is 0 Å². The van der Waals surface area contributed by atoms with E-state index in [4.69, 9.17) is 19.3 Å². The third-order valence-electron chi connectivity index (χ3n) is 4.77. The van der Waals surface area contributed by atoms with Crippen molar-refractivity contribution in [1.29, 1.82) is 0 Å². The summed E-state index contributed by atoms with van der Waals surface area (Å²) in [5.41, 5.74) is 1.10. The molecule has 6 atom stereocenters. The van der Waals surface area contributed by atoms with Crippen LogP contribution in [0.4, 0.5) is 0 Å². The number of rotatable bonds is 7. The van der Waals surface area contributed by atoms with Crippen LogP contribution >= 0.6 is 0 Å². The fourth-order valence-electron chi connectivity index (χ4n) is 3.40. The van der Waals surface area contributed by atoms with Crippen molar-refractivity contribution >= 4 is 0 Å². The van der Waals surface area contributed by atoms with Gasteiger partial charge in [0.05, 0.1) is 31.5 Å². The lowest BCUT2D eigenvalue weighted by atomic mass is 10.0. The Morgan fingerprint density at radius 1 is 1.04 bits per heavy atom. The average Bonchev–Trinajstić information content (AvgIpc) is 3.19. The van der Waals surface area contributed by atoms with Crippen LogP contribution in [-0.4, -0.2) is 65.2 Å². The van der Waals surface area contributed by atoms with Crippen molar-refractivity contribution < 1.29 is 29.5 Å². The van der Waals surface area contributed by atoms with Crippen LogP contribution < -0.4 is 0 Å². The summed E-state index contributed by atoms with van der Waals surface area (Å²) in [6.45, 7) is 0.930. The highest BCUT2D eigenvalue weighted by Crippen LogP contribution is 2.32. The largest absolute Gasteiger partial charge is 0.394 e. The Labute approximate surface area is 142 Å². The van der Waals surface area contributed by atoms with Gasteiger partial charge in [-0.15, -0.1) is 0 Å². The second-order valence-corrected chi connectivity index (χ2v) is 6.50. The molecular formula is C18H26O6. The molecule has 3 N–H and O–H groups in total. The second kappa shape index (κ2) is 8.38. The minimum absolute atomic E-state index is 0.0291. The van der Waals surface area contributed by atoms with Gasteiger partial charge in [-0.2, -0.15) is 0 Å². The van der Waals surface area contributed by atoms with E-state index in [2.05, 4.69) is 0 Å². The molecule has 0 unspecified atom stereocenters. The van der Waals surface area contributed by atoms with Crippen molar-refractivity contribution in [3.8, 4) is 0 Å².